The van der Waals surface area contributed by atoms with Crippen molar-refractivity contribution >= 4 is 27.3 Å². The Kier molecular flexibility index (Phi) is 4.11. The van der Waals surface area contributed by atoms with E-state index in [0.717, 1.165) is 34.4 Å². The Morgan fingerprint density at radius 2 is 2.16 bits per heavy atom. The van der Waals surface area contributed by atoms with E-state index >= 15 is 0 Å². The Hall–Kier alpha value is -0.740. The molecule has 1 fully saturated rings. The zero-order valence-electron chi connectivity index (χ0n) is 12.1. The number of hydrogen-bond donors (Lipinski definition) is 2. The van der Waals surface area contributed by atoms with Gasteiger partial charge in [-0.15, -0.1) is 0 Å². The van der Waals surface area contributed by atoms with Gasteiger partial charge in [0.2, 0.25) is 0 Å². The van der Waals surface area contributed by atoms with E-state index in [0.29, 0.717) is 12.1 Å². The molecule has 3 nitrogen and oxygen atoms in total. The number of rotatable bonds is 4. The highest BCUT2D eigenvalue weighted by atomic mass is 79.9. The van der Waals surface area contributed by atoms with Crippen molar-refractivity contribution in [2.24, 2.45) is 5.41 Å². The molecule has 0 heterocycles. The molecule has 1 aliphatic carbocycles. The van der Waals surface area contributed by atoms with Crippen LogP contribution in [-0.4, -0.2) is 18.8 Å². The van der Waals surface area contributed by atoms with Crippen molar-refractivity contribution in [1.82, 2.24) is 0 Å². The number of hydrogen-bond acceptors (Lipinski definition) is 3. The largest absolute Gasteiger partial charge is 0.398 e. The first-order chi connectivity index (χ1) is 8.86. The summed E-state index contributed by atoms with van der Waals surface area (Å²) in [7, 11) is 0. The molecule has 3 N–H and O–H groups in total. The summed E-state index contributed by atoms with van der Waals surface area (Å²) in [5.41, 5.74) is 9.09. The van der Waals surface area contributed by atoms with Gasteiger partial charge >= 0.3 is 0 Å². The molecule has 1 aromatic rings. The monoisotopic (exact) mass is 326 g/mol. The van der Waals surface area contributed by atoms with Crippen LogP contribution in [0.3, 0.4) is 0 Å². The second-order valence-corrected chi connectivity index (χ2v) is 6.74. The van der Waals surface area contributed by atoms with Crippen LogP contribution < -0.4 is 11.1 Å². The maximum Gasteiger partial charge on any atom is 0.0665 e. The Morgan fingerprint density at radius 1 is 1.47 bits per heavy atom. The first kappa shape index (κ1) is 14.7. The Morgan fingerprint density at radius 3 is 2.74 bits per heavy atom. The molecule has 106 valence electrons. The topological polar surface area (TPSA) is 47.3 Å². The number of nitrogen functional groups attached to an aromatic ring is 1. The van der Waals surface area contributed by atoms with E-state index in [1.807, 2.05) is 13.0 Å². The van der Waals surface area contributed by atoms with Crippen LogP contribution in [0.2, 0.25) is 0 Å². The average Bonchev–Trinajstić information content (AvgIpc) is 2.34. The second kappa shape index (κ2) is 5.33. The molecule has 0 spiro atoms. The molecule has 0 radical (unpaired) electrons. The van der Waals surface area contributed by atoms with Gasteiger partial charge in [0.1, 0.15) is 0 Å². The van der Waals surface area contributed by atoms with Crippen molar-refractivity contribution in [2.45, 2.75) is 46.3 Å². The molecule has 0 amide bonds. The molecule has 1 aliphatic rings. The smallest absolute Gasteiger partial charge is 0.0665 e. The fourth-order valence-electron chi connectivity index (χ4n) is 2.61. The molecule has 2 rings (SSSR count). The summed E-state index contributed by atoms with van der Waals surface area (Å²) in [5, 5.41) is 3.61. The summed E-state index contributed by atoms with van der Waals surface area (Å²) >= 11 is 3.57. The predicted octanol–water partition coefficient (Wildman–Crippen LogP) is 3.96. The van der Waals surface area contributed by atoms with Crippen LogP contribution in [0.4, 0.5) is 11.4 Å². The Bertz CT molecular complexity index is 473. The van der Waals surface area contributed by atoms with Gasteiger partial charge in [-0.1, -0.05) is 13.8 Å². The molecule has 2 atom stereocenters. The third kappa shape index (κ3) is 2.75. The molecule has 0 aromatic heterocycles. The summed E-state index contributed by atoms with van der Waals surface area (Å²) < 4.78 is 6.78. The van der Waals surface area contributed by atoms with Gasteiger partial charge < -0.3 is 15.8 Å². The summed E-state index contributed by atoms with van der Waals surface area (Å²) in [6.07, 6.45) is 1.40. The third-order valence-corrected chi connectivity index (χ3v) is 4.89. The van der Waals surface area contributed by atoms with Gasteiger partial charge in [0, 0.05) is 33.9 Å². The SMILES string of the molecule is CCOC1CC(Nc2cc(C)c(N)cc2Br)C1(C)C. The van der Waals surface area contributed by atoms with Crippen LogP contribution in [0.15, 0.2) is 16.6 Å². The number of ether oxygens (including phenoxy) is 1. The minimum atomic E-state index is 0.157. The lowest BCUT2D eigenvalue weighted by atomic mass is 9.64. The normalized spacial score (nSPS) is 24.9. The van der Waals surface area contributed by atoms with Crippen LogP contribution in [0.5, 0.6) is 0 Å². The van der Waals surface area contributed by atoms with Crippen molar-refractivity contribution in [3.05, 3.63) is 22.2 Å². The number of nitrogens with two attached hydrogens (primary N) is 1. The minimum absolute atomic E-state index is 0.157. The van der Waals surface area contributed by atoms with Gasteiger partial charge in [0.05, 0.1) is 6.10 Å². The molecule has 1 saturated carbocycles. The quantitative estimate of drug-likeness (QED) is 0.823. The van der Waals surface area contributed by atoms with Gasteiger partial charge in [-0.2, -0.15) is 0 Å². The Labute approximate surface area is 124 Å². The van der Waals surface area contributed by atoms with Gasteiger partial charge in [-0.3, -0.25) is 0 Å². The van der Waals surface area contributed by atoms with Crippen molar-refractivity contribution < 1.29 is 4.74 Å². The summed E-state index contributed by atoms with van der Waals surface area (Å²) in [6, 6.07) is 4.50. The lowest BCUT2D eigenvalue weighted by Gasteiger charge is -2.52. The van der Waals surface area contributed by atoms with Gasteiger partial charge in [-0.05, 0) is 53.9 Å². The minimum Gasteiger partial charge on any atom is -0.398 e. The van der Waals surface area contributed by atoms with E-state index in [9.17, 15) is 0 Å². The summed E-state index contributed by atoms with van der Waals surface area (Å²) in [5.74, 6) is 0. The van der Waals surface area contributed by atoms with Crippen molar-refractivity contribution in [3.63, 3.8) is 0 Å². The summed E-state index contributed by atoms with van der Waals surface area (Å²) in [6.45, 7) is 9.38. The molecule has 0 bridgehead atoms. The maximum atomic E-state index is 5.90. The number of nitrogens with one attached hydrogen (secondary N) is 1. The lowest BCUT2D eigenvalue weighted by molar-refractivity contribution is -0.0976. The van der Waals surface area contributed by atoms with Gasteiger partial charge in [-0.25, -0.2) is 0 Å². The fourth-order valence-corrected chi connectivity index (χ4v) is 3.09. The highest BCUT2D eigenvalue weighted by Gasteiger charge is 2.48. The zero-order valence-corrected chi connectivity index (χ0v) is 13.7. The number of halogens is 1. The van der Waals surface area contributed by atoms with Crippen LogP contribution >= 0.6 is 15.9 Å². The first-order valence-corrected chi connectivity index (χ1v) is 7.59. The highest BCUT2D eigenvalue weighted by molar-refractivity contribution is 9.10. The number of aryl methyl sites for hydroxylation is 1. The average molecular weight is 327 g/mol. The fraction of sp³-hybridized carbons (Fsp3) is 0.600. The van der Waals surface area contributed by atoms with Crippen LogP contribution in [0.1, 0.15) is 32.8 Å². The van der Waals surface area contributed by atoms with E-state index in [-0.39, 0.29) is 5.41 Å². The number of anilines is 2. The van der Waals surface area contributed by atoms with E-state index in [2.05, 4.69) is 48.1 Å². The van der Waals surface area contributed by atoms with E-state index in [1.54, 1.807) is 0 Å². The van der Waals surface area contributed by atoms with Gasteiger partial charge in [0.15, 0.2) is 0 Å². The molecule has 0 saturated heterocycles. The van der Waals surface area contributed by atoms with Gasteiger partial charge in [0.25, 0.3) is 0 Å². The molecule has 2 unspecified atom stereocenters. The Balaban J connectivity index is 2.09. The lowest BCUT2D eigenvalue weighted by Crippen LogP contribution is -2.58. The summed E-state index contributed by atoms with van der Waals surface area (Å²) in [4.78, 5) is 0. The predicted molar refractivity (Wildman–Crippen MR) is 84.5 cm³/mol. The molecule has 0 aliphatic heterocycles. The third-order valence-electron chi connectivity index (χ3n) is 4.23. The van der Waals surface area contributed by atoms with Crippen molar-refractivity contribution in [2.75, 3.05) is 17.7 Å². The number of benzene rings is 1. The standard InChI is InChI=1S/C15H23BrN2O/c1-5-19-14-8-13(15(14,3)4)18-12-6-9(2)11(17)7-10(12)16/h6-7,13-14,18H,5,8,17H2,1-4H3. The van der Waals surface area contributed by atoms with Crippen LogP contribution in [0, 0.1) is 12.3 Å². The molecule has 19 heavy (non-hydrogen) atoms. The van der Waals surface area contributed by atoms with E-state index in [1.165, 1.54) is 0 Å². The van der Waals surface area contributed by atoms with Crippen LogP contribution in [-0.2, 0) is 4.74 Å². The second-order valence-electron chi connectivity index (χ2n) is 5.89. The van der Waals surface area contributed by atoms with E-state index in [4.69, 9.17) is 10.5 Å². The molecule has 4 heteroatoms. The van der Waals surface area contributed by atoms with Crippen molar-refractivity contribution in [1.29, 1.82) is 0 Å². The highest BCUT2D eigenvalue weighted by Crippen LogP contribution is 2.45. The first-order valence-electron chi connectivity index (χ1n) is 6.80. The van der Waals surface area contributed by atoms with E-state index < -0.39 is 0 Å². The van der Waals surface area contributed by atoms with Crippen LogP contribution in [0.25, 0.3) is 0 Å². The van der Waals surface area contributed by atoms with Crippen molar-refractivity contribution in [3.8, 4) is 0 Å². The molecular formula is C15H23BrN2O. The maximum absolute atomic E-state index is 5.90. The zero-order chi connectivity index (χ0) is 14.2. The molecular weight excluding hydrogens is 304 g/mol. The molecule has 1 aromatic carbocycles.